The quantitative estimate of drug-likeness (QED) is 0.694. The van der Waals surface area contributed by atoms with Crippen molar-refractivity contribution in [1.29, 1.82) is 0 Å². The van der Waals surface area contributed by atoms with Gasteiger partial charge in [-0.25, -0.2) is 0 Å². The van der Waals surface area contributed by atoms with E-state index in [0.29, 0.717) is 6.54 Å². The predicted octanol–water partition coefficient (Wildman–Crippen LogP) is 0.717. The van der Waals surface area contributed by atoms with E-state index >= 15 is 0 Å². The molecule has 0 saturated heterocycles. The van der Waals surface area contributed by atoms with Crippen LogP contribution in [0.4, 0.5) is 0 Å². The van der Waals surface area contributed by atoms with E-state index in [0.717, 1.165) is 11.8 Å². The minimum atomic E-state index is -0.888. The summed E-state index contributed by atoms with van der Waals surface area (Å²) < 4.78 is 0. The molecule has 0 aromatic carbocycles. The second-order valence-corrected chi connectivity index (χ2v) is 4.34. The fourth-order valence-electron chi connectivity index (χ4n) is 0.744. The lowest BCUT2D eigenvalue weighted by molar-refractivity contribution is -0.136. The van der Waals surface area contributed by atoms with E-state index in [1.165, 1.54) is 0 Å². The maximum Gasteiger partial charge on any atom is 0.316 e. The van der Waals surface area contributed by atoms with Gasteiger partial charge in [0.25, 0.3) is 0 Å². The SMILES string of the molecule is CCNC(=O)[C@H](C)S[C@H](C)C(=O)O. The fraction of sp³-hybridized carbons (Fsp3) is 0.750. The van der Waals surface area contributed by atoms with Crippen LogP contribution in [0.3, 0.4) is 0 Å². The summed E-state index contributed by atoms with van der Waals surface area (Å²) in [6.45, 7) is 5.68. The van der Waals surface area contributed by atoms with Crippen LogP contribution in [0.2, 0.25) is 0 Å². The number of rotatable bonds is 5. The standard InChI is InChI=1S/C8H15NO3S/c1-4-9-7(10)5(2)13-6(3)8(11)12/h5-6H,4H2,1-3H3,(H,9,10)(H,11,12)/t5-,6+/m0/s1. The van der Waals surface area contributed by atoms with Crippen molar-refractivity contribution in [3.8, 4) is 0 Å². The van der Waals surface area contributed by atoms with Crippen LogP contribution in [0.5, 0.6) is 0 Å². The molecule has 0 aliphatic rings. The molecule has 2 N–H and O–H groups in total. The summed E-state index contributed by atoms with van der Waals surface area (Å²) in [5, 5.41) is 10.4. The van der Waals surface area contributed by atoms with Crippen molar-refractivity contribution in [2.75, 3.05) is 6.54 Å². The Morgan fingerprint density at radius 1 is 1.38 bits per heavy atom. The largest absolute Gasteiger partial charge is 0.480 e. The smallest absolute Gasteiger partial charge is 0.316 e. The average Bonchev–Trinajstić information content (AvgIpc) is 2.04. The Morgan fingerprint density at radius 3 is 2.31 bits per heavy atom. The molecule has 4 nitrogen and oxygen atoms in total. The number of aliphatic carboxylic acids is 1. The van der Waals surface area contributed by atoms with Crippen LogP contribution in [0.1, 0.15) is 20.8 Å². The second kappa shape index (κ2) is 5.85. The van der Waals surface area contributed by atoms with Crippen molar-refractivity contribution in [2.24, 2.45) is 0 Å². The predicted molar refractivity (Wildman–Crippen MR) is 52.8 cm³/mol. The molecule has 13 heavy (non-hydrogen) atoms. The Balaban J connectivity index is 3.92. The molecule has 0 saturated carbocycles. The van der Waals surface area contributed by atoms with Crippen molar-refractivity contribution in [3.63, 3.8) is 0 Å². The van der Waals surface area contributed by atoms with Gasteiger partial charge in [0.05, 0.1) is 5.25 Å². The van der Waals surface area contributed by atoms with Gasteiger partial charge in [-0.1, -0.05) is 0 Å². The van der Waals surface area contributed by atoms with Gasteiger partial charge in [0.15, 0.2) is 0 Å². The third kappa shape index (κ3) is 4.77. The molecular formula is C8H15NO3S. The first kappa shape index (κ1) is 12.3. The molecule has 0 aliphatic carbocycles. The number of thioether (sulfide) groups is 1. The van der Waals surface area contributed by atoms with E-state index in [2.05, 4.69) is 5.32 Å². The summed E-state index contributed by atoms with van der Waals surface area (Å²) in [6.07, 6.45) is 0. The van der Waals surface area contributed by atoms with Gasteiger partial charge in [-0.3, -0.25) is 9.59 Å². The molecule has 0 spiro atoms. The summed E-state index contributed by atoms with van der Waals surface area (Å²) >= 11 is 1.14. The van der Waals surface area contributed by atoms with E-state index in [4.69, 9.17) is 5.11 Å². The van der Waals surface area contributed by atoms with E-state index in [9.17, 15) is 9.59 Å². The summed E-state index contributed by atoms with van der Waals surface area (Å²) in [5.74, 6) is -0.998. The molecule has 0 radical (unpaired) electrons. The van der Waals surface area contributed by atoms with Crippen LogP contribution in [-0.4, -0.2) is 34.0 Å². The van der Waals surface area contributed by atoms with Crippen LogP contribution >= 0.6 is 11.8 Å². The normalized spacial score (nSPS) is 14.7. The van der Waals surface area contributed by atoms with Crippen molar-refractivity contribution in [1.82, 2.24) is 5.32 Å². The summed E-state index contributed by atoms with van der Waals surface area (Å²) in [5.41, 5.74) is 0. The van der Waals surface area contributed by atoms with Gasteiger partial charge in [-0.2, -0.15) is 0 Å². The molecule has 0 heterocycles. The lowest BCUT2D eigenvalue weighted by Gasteiger charge is -2.13. The molecule has 0 aromatic heterocycles. The Hall–Kier alpha value is -0.710. The molecule has 1 amide bonds. The van der Waals surface area contributed by atoms with Gasteiger partial charge in [-0.15, -0.1) is 11.8 Å². The van der Waals surface area contributed by atoms with Crippen molar-refractivity contribution < 1.29 is 14.7 Å². The highest BCUT2D eigenvalue weighted by molar-refractivity contribution is 8.01. The first-order chi connectivity index (χ1) is 5.99. The van der Waals surface area contributed by atoms with Crippen LogP contribution in [0, 0.1) is 0 Å². The molecule has 0 fully saturated rings. The van der Waals surface area contributed by atoms with E-state index in [1.54, 1.807) is 13.8 Å². The highest BCUT2D eigenvalue weighted by Gasteiger charge is 2.20. The third-order valence-electron chi connectivity index (χ3n) is 1.48. The molecule has 2 atom stereocenters. The zero-order valence-corrected chi connectivity index (χ0v) is 8.85. The zero-order chi connectivity index (χ0) is 10.4. The first-order valence-electron chi connectivity index (χ1n) is 4.15. The third-order valence-corrected chi connectivity index (χ3v) is 2.71. The number of carboxylic acids is 1. The number of carbonyl (C=O) groups excluding carboxylic acids is 1. The Kier molecular flexibility index (Phi) is 5.53. The number of hydrogen-bond donors (Lipinski definition) is 2. The van der Waals surface area contributed by atoms with Crippen LogP contribution < -0.4 is 5.32 Å². The highest BCUT2D eigenvalue weighted by Crippen LogP contribution is 2.17. The number of amides is 1. The monoisotopic (exact) mass is 205 g/mol. The summed E-state index contributed by atoms with van der Waals surface area (Å²) in [6, 6.07) is 0. The van der Waals surface area contributed by atoms with Crippen molar-refractivity contribution >= 4 is 23.6 Å². The lowest BCUT2D eigenvalue weighted by atomic mass is 10.4. The second-order valence-electron chi connectivity index (χ2n) is 2.65. The van der Waals surface area contributed by atoms with Crippen LogP contribution in [0.15, 0.2) is 0 Å². The average molecular weight is 205 g/mol. The van der Waals surface area contributed by atoms with E-state index in [1.807, 2.05) is 6.92 Å². The Labute approximate surface area is 82.1 Å². The minimum Gasteiger partial charge on any atom is -0.480 e. The number of nitrogens with one attached hydrogen (secondary N) is 1. The Morgan fingerprint density at radius 2 is 1.92 bits per heavy atom. The van der Waals surface area contributed by atoms with Crippen molar-refractivity contribution in [3.05, 3.63) is 0 Å². The Bertz CT molecular complexity index is 196. The molecule has 0 aromatic rings. The molecule has 0 unspecified atom stereocenters. The molecule has 0 aliphatic heterocycles. The van der Waals surface area contributed by atoms with Gasteiger partial charge in [0, 0.05) is 6.54 Å². The van der Waals surface area contributed by atoms with Gasteiger partial charge in [0.2, 0.25) is 5.91 Å². The number of carboxylic acid groups (broad SMARTS) is 1. The van der Waals surface area contributed by atoms with Gasteiger partial charge in [0.1, 0.15) is 5.25 Å². The minimum absolute atomic E-state index is 0.111. The highest BCUT2D eigenvalue weighted by atomic mass is 32.2. The first-order valence-corrected chi connectivity index (χ1v) is 5.09. The van der Waals surface area contributed by atoms with E-state index < -0.39 is 11.2 Å². The fourth-order valence-corrected chi connectivity index (χ4v) is 1.68. The van der Waals surface area contributed by atoms with Crippen LogP contribution in [0.25, 0.3) is 0 Å². The van der Waals surface area contributed by atoms with Gasteiger partial charge >= 0.3 is 5.97 Å². The van der Waals surface area contributed by atoms with Gasteiger partial charge in [-0.05, 0) is 20.8 Å². The molecule has 0 bridgehead atoms. The lowest BCUT2D eigenvalue weighted by Crippen LogP contribution is -2.32. The molecule has 0 rings (SSSR count). The molecule has 76 valence electrons. The van der Waals surface area contributed by atoms with Crippen LogP contribution in [-0.2, 0) is 9.59 Å². The molecule has 5 heteroatoms. The van der Waals surface area contributed by atoms with E-state index in [-0.39, 0.29) is 11.2 Å². The maximum atomic E-state index is 11.2. The topological polar surface area (TPSA) is 66.4 Å². The number of hydrogen-bond acceptors (Lipinski definition) is 3. The maximum absolute atomic E-state index is 11.2. The summed E-state index contributed by atoms with van der Waals surface area (Å²) in [7, 11) is 0. The van der Waals surface area contributed by atoms with Crippen molar-refractivity contribution in [2.45, 2.75) is 31.3 Å². The van der Waals surface area contributed by atoms with Gasteiger partial charge < -0.3 is 10.4 Å². The number of carbonyl (C=O) groups is 2. The summed E-state index contributed by atoms with van der Waals surface area (Å²) in [4.78, 5) is 21.6. The zero-order valence-electron chi connectivity index (χ0n) is 8.03. The molecular weight excluding hydrogens is 190 g/mol.